The van der Waals surface area contributed by atoms with Gasteiger partial charge in [0, 0.05) is 0 Å². The molecule has 1 aromatic heterocycles. The smallest absolute Gasteiger partial charge is 0.332 e. The fraction of sp³-hybridized carbons (Fsp3) is 0.250. The van der Waals surface area contributed by atoms with Crippen LogP contribution in [0.2, 0.25) is 0 Å². The minimum absolute atomic E-state index is 0.646. The lowest BCUT2D eigenvalue weighted by Gasteiger charge is -1.95. The molecule has 0 radical (unpaired) electrons. The van der Waals surface area contributed by atoms with Gasteiger partial charge in [0.25, 0.3) is 0 Å². The maximum Gasteiger partial charge on any atom is 0.332 e. The minimum Gasteiger partial charge on any atom is -0.350 e. The predicted molar refractivity (Wildman–Crippen MR) is 54.0 cm³/mol. The molecule has 0 bridgehead atoms. The monoisotopic (exact) mass is 197 g/mol. The molecule has 2 amide bonds. The topological polar surface area (TPSA) is 67.5 Å². The quantitative estimate of drug-likeness (QED) is 0.547. The van der Waals surface area contributed by atoms with Crippen molar-refractivity contribution < 1.29 is 4.79 Å². The van der Waals surface area contributed by atoms with Crippen molar-refractivity contribution in [1.29, 1.82) is 0 Å². The zero-order valence-electron chi connectivity index (χ0n) is 7.50. The lowest BCUT2D eigenvalue weighted by Crippen LogP contribution is -2.25. The summed E-state index contributed by atoms with van der Waals surface area (Å²) in [5.74, 6) is 0. The van der Waals surface area contributed by atoms with Crippen molar-refractivity contribution in [3.8, 4) is 0 Å². The molecule has 0 aliphatic heterocycles. The first-order chi connectivity index (χ1) is 6.09. The van der Waals surface area contributed by atoms with Crippen molar-refractivity contribution >= 4 is 23.1 Å². The number of hydrogen-bond donors (Lipinski definition) is 2. The first-order valence-corrected chi connectivity index (χ1v) is 4.63. The summed E-state index contributed by atoms with van der Waals surface area (Å²) in [6.45, 7) is 3.83. The molecule has 0 aliphatic rings. The van der Waals surface area contributed by atoms with Crippen LogP contribution in [0.3, 0.4) is 0 Å². The SMILES string of the molecule is C/C(=N\NC(N)=O)c1cc(C)cs1. The highest BCUT2D eigenvalue weighted by Crippen LogP contribution is 2.14. The molecule has 70 valence electrons. The molecule has 3 N–H and O–H groups in total. The molecule has 0 fully saturated rings. The van der Waals surface area contributed by atoms with Crippen LogP contribution in [0.25, 0.3) is 0 Å². The van der Waals surface area contributed by atoms with Gasteiger partial charge in [-0.2, -0.15) is 5.10 Å². The van der Waals surface area contributed by atoms with Crippen molar-refractivity contribution in [2.75, 3.05) is 0 Å². The average Bonchev–Trinajstić information content (AvgIpc) is 2.47. The molecule has 0 unspecified atom stereocenters. The van der Waals surface area contributed by atoms with Crippen LogP contribution in [0.1, 0.15) is 17.4 Å². The molecule has 0 atom stereocenters. The molecule has 0 saturated carbocycles. The largest absolute Gasteiger partial charge is 0.350 e. The fourth-order valence-electron chi connectivity index (χ4n) is 0.815. The van der Waals surface area contributed by atoms with E-state index in [2.05, 4.69) is 10.5 Å². The lowest BCUT2D eigenvalue weighted by atomic mass is 10.3. The summed E-state index contributed by atoms with van der Waals surface area (Å²) >= 11 is 1.59. The summed E-state index contributed by atoms with van der Waals surface area (Å²) in [6.07, 6.45) is 0. The molecule has 4 nitrogen and oxygen atoms in total. The van der Waals surface area contributed by atoms with Gasteiger partial charge >= 0.3 is 6.03 Å². The summed E-state index contributed by atoms with van der Waals surface area (Å²) in [5, 5.41) is 5.84. The Labute approximate surface area is 80.4 Å². The van der Waals surface area contributed by atoms with Gasteiger partial charge in [0.05, 0.1) is 10.6 Å². The van der Waals surface area contributed by atoms with Gasteiger partial charge in [0.2, 0.25) is 0 Å². The van der Waals surface area contributed by atoms with E-state index in [1.54, 1.807) is 11.3 Å². The van der Waals surface area contributed by atoms with Gasteiger partial charge in [0.15, 0.2) is 0 Å². The van der Waals surface area contributed by atoms with Gasteiger partial charge in [-0.1, -0.05) is 0 Å². The van der Waals surface area contributed by atoms with Gasteiger partial charge in [-0.05, 0) is 30.9 Å². The highest BCUT2D eigenvalue weighted by Gasteiger charge is 2.00. The molecule has 0 saturated heterocycles. The molecule has 0 aliphatic carbocycles. The average molecular weight is 197 g/mol. The molecule has 13 heavy (non-hydrogen) atoms. The van der Waals surface area contributed by atoms with Crippen LogP contribution in [0.15, 0.2) is 16.5 Å². The van der Waals surface area contributed by atoms with Gasteiger partial charge in [-0.25, -0.2) is 10.2 Å². The van der Waals surface area contributed by atoms with E-state index >= 15 is 0 Å². The number of rotatable bonds is 2. The number of hydrazone groups is 1. The second-order valence-corrected chi connectivity index (χ2v) is 3.57. The Morgan fingerprint density at radius 3 is 2.85 bits per heavy atom. The van der Waals surface area contributed by atoms with E-state index in [1.165, 1.54) is 5.56 Å². The van der Waals surface area contributed by atoms with E-state index in [-0.39, 0.29) is 0 Å². The summed E-state index contributed by atoms with van der Waals surface area (Å²) in [5.41, 5.74) is 9.01. The third-order valence-electron chi connectivity index (χ3n) is 1.42. The second kappa shape index (κ2) is 4.04. The van der Waals surface area contributed by atoms with E-state index in [9.17, 15) is 4.79 Å². The van der Waals surface area contributed by atoms with Crippen LogP contribution >= 0.6 is 11.3 Å². The molecule has 0 aromatic carbocycles. The number of thiophene rings is 1. The van der Waals surface area contributed by atoms with E-state index in [0.29, 0.717) is 0 Å². The van der Waals surface area contributed by atoms with E-state index in [1.807, 2.05) is 25.3 Å². The second-order valence-electron chi connectivity index (χ2n) is 2.66. The van der Waals surface area contributed by atoms with Crippen molar-refractivity contribution in [3.63, 3.8) is 0 Å². The number of nitrogens with one attached hydrogen (secondary N) is 1. The maximum absolute atomic E-state index is 10.3. The number of hydrogen-bond acceptors (Lipinski definition) is 3. The maximum atomic E-state index is 10.3. The van der Waals surface area contributed by atoms with E-state index in [4.69, 9.17) is 5.73 Å². The Balaban J connectivity index is 2.72. The zero-order valence-corrected chi connectivity index (χ0v) is 8.31. The molecule has 1 aromatic rings. The number of carbonyl (C=O) groups excluding carboxylic acids is 1. The van der Waals surface area contributed by atoms with Crippen LogP contribution in [-0.4, -0.2) is 11.7 Å². The third-order valence-corrected chi connectivity index (χ3v) is 2.58. The Morgan fingerprint density at radius 2 is 2.38 bits per heavy atom. The summed E-state index contributed by atoms with van der Waals surface area (Å²) in [4.78, 5) is 11.4. The molecule has 0 spiro atoms. The number of nitrogens with zero attached hydrogens (tertiary/aromatic N) is 1. The number of primary amides is 1. The highest BCUT2D eigenvalue weighted by molar-refractivity contribution is 7.12. The first-order valence-electron chi connectivity index (χ1n) is 3.75. The normalized spacial score (nSPS) is 11.4. The Morgan fingerprint density at radius 1 is 1.69 bits per heavy atom. The van der Waals surface area contributed by atoms with Gasteiger partial charge in [-0.3, -0.25) is 0 Å². The van der Waals surface area contributed by atoms with Crippen LogP contribution in [0.5, 0.6) is 0 Å². The van der Waals surface area contributed by atoms with Crippen LogP contribution in [-0.2, 0) is 0 Å². The summed E-state index contributed by atoms with van der Waals surface area (Å²) in [7, 11) is 0. The fourth-order valence-corrected chi connectivity index (χ4v) is 1.67. The minimum atomic E-state index is -0.646. The van der Waals surface area contributed by atoms with Gasteiger partial charge in [-0.15, -0.1) is 11.3 Å². The van der Waals surface area contributed by atoms with E-state index in [0.717, 1.165) is 10.6 Å². The third kappa shape index (κ3) is 2.87. The number of aryl methyl sites for hydroxylation is 1. The Kier molecular flexibility index (Phi) is 3.02. The lowest BCUT2D eigenvalue weighted by molar-refractivity contribution is 0.249. The zero-order chi connectivity index (χ0) is 9.84. The van der Waals surface area contributed by atoms with Crippen LogP contribution in [0.4, 0.5) is 4.79 Å². The number of nitrogens with two attached hydrogens (primary N) is 1. The molecular weight excluding hydrogens is 186 g/mol. The van der Waals surface area contributed by atoms with Crippen LogP contribution < -0.4 is 11.2 Å². The number of urea groups is 1. The van der Waals surface area contributed by atoms with Crippen molar-refractivity contribution in [1.82, 2.24) is 5.43 Å². The summed E-state index contributed by atoms with van der Waals surface area (Å²) in [6, 6.07) is 1.36. The van der Waals surface area contributed by atoms with Crippen molar-refractivity contribution in [3.05, 3.63) is 21.9 Å². The molecule has 1 heterocycles. The van der Waals surface area contributed by atoms with Gasteiger partial charge < -0.3 is 5.73 Å². The number of amides is 2. The predicted octanol–water partition coefficient (Wildman–Crippen LogP) is 1.45. The Hall–Kier alpha value is -1.36. The van der Waals surface area contributed by atoms with E-state index < -0.39 is 6.03 Å². The Bertz CT molecular complexity index is 343. The molecule has 5 heteroatoms. The molecular formula is C8H11N3OS. The summed E-state index contributed by atoms with van der Waals surface area (Å²) < 4.78 is 0. The van der Waals surface area contributed by atoms with Crippen molar-refractivity contribution in [2.45, 2.75) is 13.8 Å². The van der Waals surface area contributed by atoms with Crippen molar-refractivity contribution in [2.24, 2.45) is 10.8 Å². The van der Waals surface area contributed by atoms with Gasteiger partial charge in [0.1, 0.15) is 0 Å². The van der Waals surface area contributed by atoms with Crippen LogP contribution in [0, 0.1) is 6.92 Å². The highest BCUT2D eigenvalue weighted by atomic mass is 32.1. The first kappa shape index (κ1) is 9.73. The number of carbonyl (C=O) groups is 1. The molecule has 1 rings (SSSR count). The standard InChI is InChI=1S/C8H11N3OS/c1-5-3-7(13-4-5)6(2)10-11-8(9)12/h3-4H,1-2H3,(H3,9,11,12)/b10-6+.